The van der Waals surface area contributed by atoms with Crippen molar-refractivity contribution in [3.05, 3.63) is 65.5 Å². The Kier molecular flexibility index (Phi) is 5.42. The molecule has 0 aliphatic heterocycles. The van der Waals surface area contributed by atoms with Gasteiger partial charge in [-0.25, -0.2) is 5.43 Å². The molecule has 0 radical (unpaired) electrons. The molecule has 0 atom stereocenters. The second-order valence-electron chi connectivity index (χ2n) is 5.67. The van der Waals surface area contributed by atoms with E-state index < -0.39 is 0 Å². The highest BCUT2D eigenvalue weighted by molar-refractivity contribution is 6.00. The summed E-state index contributed by atoms with van der Waals surface area (Å²) >= 11 is 0. The van der Waals surface area contributed by atoms with Crippen molar-refractivity contribution in [1.82, 2.24) is 10.4 Å². The lowest BCUT2D eigenvalue weighted by atomic mass is 10.0. The summed E-state index contributed by atoms with van der Waals surface area (Å²) < 4.78 is 0. The number of amides is 1. The first-order valence-corrected chi connectivity index (χ1v) is 7.40. The topological polar surface area (TPSA) is 54.4 Å². The lowest BCUT2D eigenvalue weighted by Gasteiger charge is -2.07. The van der Waals surface area contributed by atoms with Crippen LogP contribution in [-0.2, 0) is 6.42 Å². The van der Waals surface area contributed by atoms with Crippen molar-refractivity contribution in [2.45, 2.75) is 27.2 Å². The van der Waals surface area contributed by atoms with Gasteiger partial charge in [0.15, 0.2) is 0 Å². The molecule has 1 aromatic carbocycles. The predicted molar refractivity (Wildman–Crippen MR) is 88.9 cm³/mol. The monoisotopic (exact) mass is 295 g/mol. The maximum absolute atomic E-state index is 11.9. The summed E-state index contributed by atoms with van der Waals surface area (Å²) in [6.07, 6.45) is 4.21. The number of hydrazone groups is 1. The van der Waals surface area contributed by atoms with Gasteiger partial charge in [0.2, 0.25) is 0 Å². The van der Waals surface area contributed by atoms with Crippen LogP contribution in [0.5, 0.6) is 0 Å². The number of carbonyl (C=O) groups is 1. The minimum atomic E-state index is -0.260. The molecular weight excluding hydrogens is 274 g/mol. The highest BCUT2D eigenvalue weighted by atomic mass is 16.2. The number of pyridine rings is 1. The Hall–Kier alpha value is -2.49. The van der Waals surface area contributed by atoms with Gasteiger partial charge in [0, 0.05) is 12.4 Å². The molecule has 114 valence electrons. The number of aromatic nitrogens is 1. The Balaban J connectivity index is 2.01. The van der Waals surface area contributed by atoms with Crippen molar-refractivity contribution in [3.8, 4) is 0 Å². The van der Waals surface area contributed by atoms with Gasteiger partial charge in [-0.3, -0.25) is 9.78 Å². The van der Waals surface area contributed by atoms with Crippen LogP contribution in [0, 0.1) is 5.92 Å². The Morgan fingerprint density at radius 2 is 1.91 bits per heavy atom. The Labute approximate surface area is 131 Å². The fraction of sp³-hybridized carbons (Fsp3) is 0.278. The zero-order valence-corrected chi connectivity index (χ0v) is 13.2. The van der Waals surface area contributed by atoms with Crippen molar-refractivity contribution < 1.29 is 4.79 Å². The second-order valence-corrected chi connectivity index (χ2v) is 5.67. The molecule has 2 aromatic rings. The Morgan fingerprint density at radius 3 is 2.50 bits per heavy atom. The highest BCUT2D eigenvalue weighted by Gasteiger charge is 2.05. The smallest absolute Gasteiger partial charge is 0.267 e. The van der Waals surface area contributed by atoms with Crippen molar-refractivity contribution in [2.75, 3.05) is 0 Å². The van der Waals surface area contributed by atoms with Crippen LogP contribution in [-0.4, -0.2) is 16.6 Å². The zero-order valence-electron chi connectivity index (χ0n) is 13.2. The summed E-state index contributed by atoms with van der Waals surface area (Å²) in [5.41, 5.74) is 6.13. The van der Waals surface area contributed by atoms with E-state index in [-0.39, 0.29) is 5.91 Å². The number of rotatable bonds is 5. The summed E-state index contributed by atoms with van der Waals surface area (Å²) in [7, 11) is 0. The summed E-state index contributed by atoms with van der Waals surface area (Å²) in [5.74, 6) is 0.378. The van der Waals surface area contributed by atoms with Crippen LogP contribution in [0.15, 0.2) is 53.9 Å². The SMILES string of the molecule is C/C(=N/NC(=O)c1cccnc1)c1ccc(CC(C)C)cc1. The number of benzene rings is 1. The summed E-state index contributed by atoms with van der Waals surface area (Å²) in [5, 5.41) is 4.15. The predicted octanol–water partition coefficient (Wildman–Crippen LogP) is 3.43. The fourth-order valence-electron chi connectivity index (χ4n) is 2.11. The number of hydrogen-bond acceptors (Lipinski definition) is 3. The van der Waals surface area contributed by atoms with Crippen LogP contribution in [0.3, 0.4) is 0 Å². The maximum Gasteiger partial charge on any atom is 0.272 e. The molecule has 0 aliphatic rings. The van der Waals surface area contributed by atoms with Crippen molar-refractivity contribution in [3.63, 3.8) is 0 Å². The van der Waals surface area contributed by atoms with E-state index in [1.807, 2.05) is 19.1 Å². The number of nitrogens with zero attached hydrogens (tertiary/aromatic N) is 2. The average Bonchev–Trinajstić information content (AvgIpc) is 2.53. The molecule has 0 saturated heterocycles. The molecule has 0 unspecified atom stereocenters. The van der Waals surface area contributed by atoms with E-state index in [0.717, 1.165) is 17.7 Å². The number of hydrogen-bond donors (Lipinski definition) is 1. The standard InChI is InChI=1S/C18H21N3O/c1-13(2)11-15-6-8-16(9-7-15)14(3)20-21-18(22)17-5-4-10-19-12-17/h4-10,12-13H,11H2,1-3H3,(H,21,22)/b20-14-. The van der Waals surface area contributed by atoms with E-state index in [0.29, 0.717) is 11.5 Å². The molecule has 1 N–H and O–H groups in total. The number of carbonyl (C=O) groups excluding carboxylic acids is 1. The van der Waals surface area contributed by atoms with Crippen LogP contribution < -0.4 is 5.43 Å². The van der Waals surface area contributed by atoms with Gasteiger partial charge in [0.1, 0.15) is 0 Å². The van der Waals surface area contributed by atoms with E-state index in [2.05, 4.69) is 41.5 Å². The van der Waals surface area contributed by atoms with Gasteiger partial charge >= 0.3 is 0 Å². The molecule has 0 fully saturated rings. The van der Waals surface area contributed by atoms with Crippen LogP contribution in [0.2, 0.25) is 0 Å². The molecule has 0 spiro atoms. The average molecular weight is 295 g/mol. The quantitative estimate of drug-likeness (QED) is 0.678. The van der Waals surface area contributed by atoms with Crippen molar-refractivity contribution in [2.24, 2.45) is 11.0 Å². The highest BCUT2D eigenvalue weighted by Crippen LogP contribution is 2.10. The fourth-order valence-corrected chi connectivity index (χ4v) is 2.11. The van der Waals surface area contributed by atoms with Crippen LogP contribution in [0.25, 0.3) is 0 Å². The molecule has 0 aliphatic carbocycles. The minimum absolute atomic E-state index is 0.260. The lowest BCUT2D eigenvalue weighted by molar-refractivity contribution is 0.0954. The molecule has 0 saturated carbocycles. The van der Waals surface area contributed by atoms with Gasteiger partial charge < -0.3 is 0 Å². The van der Waals surface area contributed by atoms with Gasteiger partial charge in [-0.05, 0) is 42.5 Å². The third kappa shape index (κ3) is 4.52. The van der Waals surface area contributed by atoms with Crippen molar-refractivity contribution >= 4 is 11.6 Å². The van der Waals surface area contributed by atoms with E-state index in [9.17, 15) is 4.79 Å². The molecule has 0 bridgehead atoms. The maximum atomic E-state index is 11.9. The number of nitrogens with one attached hydrogen (secondary N) is 1. The molecule has 4 nitrogen and oxygen atoms in total. The summed E-state index contributed by atoms with van der Waals surface area (Å²) in [4.78, 5) is 15.8. The van der Waals surface area contributed by atoms with Gasteiger partial charge in [-0.2, -0.15) is 5.10 Å². The molecule has 1 aromatic heterocycles. The van der Waals surface area contributed by atoms with E-state index >= 15 is 0 Å². The van der Waals surface area contributed by atoms with Crippen LogP contribution in [0.1, 0.15) is 42.3 Å². The second kappa shape index (κ2) is 7.50. The lowest BCUT2D eigenvalue weighted by Crippen LogP contribution is -2.19. The molecule has 2 rings (SSSR count). The van der Waals surface area contributed by atoms with Gasteiger partial charge in [0.05, 0.1) is 11.3 Å². The van der Waals surface area contributed by atoms with Gasteiger partial charge in [-0.1, -0.05) is 38.1 Å². The van der Waals surface area contributed by atoms with Gasteiger partial charge in [-0.15, -0.1) is 0 Å². The van der Waals surface area contributed by atoms with E-state index in [1.54, 1.807) is 18.3 Å². The first-order chi connectivity index (χ1) is 10.6. The molecule has 4 heteroatoms. The largest absolute Gasteiger partial charge is 0.272 e. The third-order valence-corrected chi connectivity index (χ3v) is 3.26. The molecule has 22 heavy (non-hydrogen) atoms. The Bertz CT molecular complexity index is 646. The van der Waals surface area contributed by atoms with E-state index in [1.165, 1.54) is 11.8 Å². The van der Waals surface area contributed by atoms with Crippen LogP contribution in [0.4, 0.5) is 0 Å². The zero-order chi connectivity index (χ0) is 15.9. The molecular formula is C18H21N3O. The normalized spacial score (nSPS) is 11.5. The minimum Gasteiger partial charge on any atom is -0.267 e. The Morgan fingerprint density at radius 1 is 1.18 bits per heavy atom. The third-order valence-electron chi connectivity index (χ3n) is 3.26. The summed E-state index contributed by atoms with van der Waals surface area (Å²) in [6.45, 7) is 6.28. The summed E-state index contributed by atoms with van der Waals surface area (Å²) in [6, 6.07) is 11.7. The first kappa shape index (κ1) is 15.9. The first-order valence-electron chi connectivity index (χ1n) is 7.40. The van der Waals surface area contributed by atoms with Crippen LogP contribution >= 0.6 is 0 Å². The van der Waals surface area contributed by atoms with E-state index in [4.69, 9.17) is 0 Å². The molecule has 1 amide bonds. The van der Waals surface area contributed by atoms with Crippen molar-refractivity contribution in [1.29, 1.82) is 0 Å². The van der Waals surface area contributed by atoms with Gasteiger partial charge in [0.25, 0.3) is 5.91 Å². The molecule has 1 heterocycles.